The molecule has 0 unspecified atom stereocenters. The first-order valence-corrected chi connectivity index (χ1v) is 9.03. The van der Waals surface area contributed by atoms with E-state index in [0.717, 1.165) is 0 Å². The summed E-state index contributed by atoms with van der Waals surface area (Å²) in [6.45, 7) is 1.38. The zero-order valence-electron chi connectivity index (χ0n) is 14.9. The van der Waals surface area contributed by atoms with E-state index in [-0.39, 0.29) is 23.6 Å². The van der Waals surface area contributed by atoms with Crippen LogP contribution in [0.5, 0.6) is 0 Å². The van der Waals surface area contributed by atoms with Crippen LogP contribution in [0.4, 0.5) is 0 Å². The maximum atomic E-state index is 12.6. The molecule has 0 radical (unpaired) electrons. The summed E-state index contributed by atoms with van der Waals surface area (Å²) >= 11 is 0. The first-order chi connectivity index (χ1) is 13.6. The molecule has 0 N–H and O–H groups in total. The van der Waals surface area contributed by atoms with Crippen molar-refractivity contribution in [1.29, 1.82) is 0 Å². The van der Waals surface area contributed by atoms with Gasteiger partial charge in [0.1, 0.15) is 0 Å². The van der Waals surface area contributed by atoms with Crippen LogP contribution in [0.2, 0.25) is 0 Å². The molecule has 4 amide bonds. The van der Waals surface area contributed by atoms with Crippen LogP contribution in [-0.4, -0.2) is 69.8 Å². The van der Waals surface area contributed by atoms with Crippen molar-refractivity contribution in [1.82, 2.24) is 20.0 Å². The highest BCUT2D eigenvalue weighted by atomic mass is 16.2. The summed E-state index contributed by atoms with van der Waals surface area (Å²) in [5.41, 5.74) is 1.59. The molecular formula is C20H16N4O4. The third-order valence-corrected chi connectivity index (χ3v) is 5.34. The standard InChI is InChI=1S/C20H16N4O4/c25-17-13-5-1-2-6-14(13)18(26)23(17)21-9-11-22(12-10-21)24-19(27)15-7-3-4-8-16(15)20(24)28/h1-8H,9-12H2. The van der Waals surface area contributed by atoms with E-state index in [2.05, 4.69) is 0 Å². The number of benzene rings is 2. The van der Waals surface area contributed by atoms with Crippen molar-refractivity contribution >= 4 is 23.6 Å². The second-order valence-electron chi connectivity index (χ2n) is 6.84. The zero-order valence-corrected chi connectivity index (χ0v) is 14.9. The molecule has 1 fully saturated rings. The van der Waals surface area contributed by atoms with Crippen LogP contribution in [0.25, 0.3) is 0 Å². The minimum Gasteiger partial charge on any atom is -0.267 e. The van der Waals surface area contributed by atoms with Gasteiger partial charge in [-0.3, -0.25) is 19.2 Å². The molecule has 5 rings (SSSR count). The van der Waals surface area contributed by atoms with Crippen LogP contribution in [0.1, 0.15) is 41.4 Å². The van der Waals surface area contributed by atoms with Crippen molar-refractivity contribution in [2.45, 2.75) is 0 Å². The van der Waals surface area contributed by atoms with E-state index >= 15 is 0 Å². The van der Waals surface area contributed by atoms with E-state index in [9.17, 15) is 19.2 Å². The topological polar surface area (TPSA) is 81.2 Å². The molecule has 1 saturated heterocycles. The van der Waals surface area contributed by atoms with E-state index in [1.165, 1.54) is 10.0 Å². The summed E-state index contributed by atoms with van der Waals surface area (Å²) in [6, 6.07) is 13.5. The van der Waals surface area contributed by atoms with E-state index in [4.69, 9.17) is 0 Å². The lowest BCUT2D eigenvalue weighted by atomic mass is 10.1. The molecule has 0 aliphatic carbocycles. The third kappa shape index (κ3) is 2.25. The van der Waals surface area contributed by atoms with Gasteiger partial charge in [0.25, 0.3) is 23.6 Å². The van der Waals surface area contributed by atoms with Crippen LogP contribution in [0.3, 0.4) is 0 Å². The Balaban J connectivity index is 1.32. The van der Waals surface area contributed by atoms with E-state index < -0.39 is 0 Å². The summed E-state index contributed by atoms with van der Waals surface area (Å²) in [5, 5.41) is 5.70. The number of rotatable bonds is 2. The van der Waals surface area contributed by atoms with Gasteiger partial charge >= 0.3 is 0 Å². The van der Waals surface area contributed by atoms with Crippen molar-refractivity contribution in [2.75, 3.05) is 26.2 Å². The van der Waals surface area contributed by atoms with Crippen LogP contribution in [0.15, 0.2) is 48.5 Å². The number of amides is 4. The summed E-state index contributed by atoms with van der Waals surface area (Å²) in [4.78, 5) is 50.5. The Hall–Kier alpha value is -3.36. The van der Waals surface area contributed by atoms with Gasteiger partial charge in [-0.2, -0.15) is 0 Å². The number of hydrogen-bond acceptors (Lipinski definition) is 6. The van der Waals surface area contributed by atoms with Crippen molar-refractivity contribution in [2.24, 2.45) is 0 Å². The molecule has 8 nitrogen and oxygen atoms in total. The molecule has 0 aromatic heterocycles. The summed E-state index contributed by atoms with van der Waals surface area (Å²) in [7, 11) is 0. The Morgan fingerprint density at radius 3 is 0.964 bits per heavy atom. The largest absolute Gasteiger partial charge is 0.276 e. The Kier molecular flexibility index (Phi) is 3.65. The minimum atomic E-state index is -0.338. The van der Waals surface area contributed by atoms with Crippen LogP contribution < -0.4 is 0 Å². The average Bonchev–Trinajstić information content (AvgIpc) is 3.14. The number of piperazine rings is 1. The normalized spacial score (nSPS) is 20.1. The molecule has 3 aliphatic rings. The monoisotopic (exact) mass is 376 g/mol. The highest BCUT2D eigenvalue weighted by Gasteiger charge is 2.43. The van der Waals surface area contributed by atoms with Gasteiger partial charge in [0.2, 0.25) is 0 Å². The van der Waals surface area contributed by atoms with E-state index in [1.807, 2.05) is 0 Å². The molecule has 0 bridgehead atoms. The van der Waals surface area contributed by atoms with Crippen molar-refractivity contribution in [3.63, 3.8) is 0 Å². The van der Waals surface area contributed by atoms with Crippen molar-refractivity contribution in [3.05, 3.63) is 70.8 Å². The van der Waals surface area contributed by atoms with Crippen LogP contribution in [0, 0.1) is 0 Å². The van der Waals surface area contributed by atoms with Gasteiger partial charge in [0, 0.05) is 26.2 Å². The number of carbonyl (C=O) groups is 4. The first-order valence-electron chi connectivity index (χ1n) is 9.03. The fraction of sp³-hybridized carbons (Fsp3) is 0.200. The number of hydrazine groups is 2. The molecule has 8 heteroatoms. The minimum absolute atomic E-state index is 0.338. The number of carbonyl (C=O) groups excluding carboxylic acids is 4. The Morgan fingerprint density at radius 2 is 0.714 bits per heavy atom. The molecule has 0 saturated carbocycles. The summed E-state index contributed by atoms with van der Waals surface area (Å²) in [5.74, 6) is -1.35. The maximum Gasteiger partial charge on any atom is 0.276 e. The van der Waals surface area contributed by atoms with Gasteiger partial charge in [-0.1, -0.05) is 24.3 Å². The van der Waals surface area contributed by atoms with E-state index in [1.54, 1.807) is 58.5 Å². The average molecular weight is 376 g/mol. The quantitative estimate of drug-likeness (QED) is 0.728. The molecule has 140 valence electrons. The lowest BCUT2D eigenvalue weighted by Crippen LogP contribution is -2.60. The van der Waals surface area contributed by atoms with Gasteiger partial charge in [0.15, 0.2) is 0 Å². The fourth-order valence-electron chi connectivity index (χ4n) is 3.95. The lowest BCUT2D eigenvalue weighted by Gasteiger charge is -2.40. The second-order valence-corrected chi connectivity index (χ2v) is 6.84. The molecular weight excluding hydrogens is 360 g/mol. The number of nitrogens with zero attached hydrogens (tertiary/aromatic N) is 4. The van der Waals surface area contributed by atoms with Crippen molar-refractivity contribution < 1.29 is 19.2 Å². The Morgan fingerprint density at radius 1 is 0.464 bits per heavy atom. The molecule has 3 heterocycles. The Bertz CT molecular complexity index is 889. The molecule has 0 spiro atoms. The Labute approximate surface area is 160 Å². The van der Waals surface area contributed by atoms with Gasteiger partial charge in [-0.15, -0.1) is 0 Å². The SMILES string of the molecule is O=C1c2ccccc2C(=O)N1N1CCN(N2C(=O)c3ccccc3C2=O)CC1. The molecule has 2 aromatic rings. The van der Waals surface area contributed by atoms with Gasteiger partial charge in [0.05, 0.1) is 22.3 Å². The predicted molar refractivity (Wildman–Crippen MR) is 97.0 cm³/mol. The van der Waals surface area contributed by atoms with Crippen LogP contribution >= 0.6 is 0 Å². The van der Waals surface area contributed by atoms with Gasteiger partial charge in [-0.05, 0) is 24.3 Å². The second kappa shape index (κ2) is 6.08. The smallest absolute Gasteiger partial charge is 0.267 e. The lowest BCUT2D eigenvalue weighted by molar-refractivity contribution is -0.0617. The number of hydrogen-bond donors (Lipinski definition) is 0. The molecule has 3 aliphatic heterocycles. The summed E-state index contributed by atoms with van der Waals surface area (Å²) < 4.78 is 0. The highest BCUT2D eigenvalue weighted by Crippen LogP contribution is 2.27. The van der Waals surface area contributed by atoms with Crippen LogP contribution in [-0.2, 0) is 0 Å². The zero-order chi connectivity index (χ0) is 19.4. The number of fused-ring (bicyclic) bond motifs is 2. The third-order valence-electron chi connectivity index (χ3n) is 5.34. The highest BCUT2D eigenvalue weighted by molar-refractivity contribution is 6.21. The van der Waals surface area contributed by atoms with Crippen molar-refractivity contribution in [3.8, 4) is 0 Å². The maximum absolute atomic E-state index is 12.6. The molecule has 2 aromatic carbocycles. The first kappa shape index (κ1) is 16.8. The number of imide groups is 2. The molecule has 0 atom stereocenters. The predicted octanol–water partition coefficient (Wildman–Crippen LogP) is 1.03. The van der Waals surface area contributed by atoms with E-state index in [0.29, 0.717) is 48.4 Å². The summed E-state index contributed by atoms with van der Waals surface area (Å²) in [6.07, 6.45) is 0. The van der Waals surface area contributed by atoms with Gasteiger partial charge in [-0.25, -0.2) is 20.0 Å². The fourth-order valence-corrected chi connectivity index (χ4v) is 3.95. The molecule has 28 heavy (non-hydrogen) atoms. The van der Waals surface area contributed by atoms with Gasteiger partial charge < -0.3 is 0 Å².